The van der Waals surface area contributed by atoms with Crippen molar-refractivity contribution in [1.82, 2.24) is 9.88 Å². The first kappa shape index (κ1) is 20.5. The van der Waals surface area contributed by atoms with Crippen molar-refractivity contribution in [3.05, 3.63) is 39.6 Å². The van der Waals surface area contributed by atoms with E-state index in [1.54, 1.807) is 5.38 Å². The molecule has 1 aromatic heterocycles. The largest absolute Gasteiger partial charge is 0.487 e. The molecule has 148 valence electrons. The summed E-state index contributed by atoms with van der Waals surface area (Å²) in [5.74, 6) is -1.03. The molecule has 1 aliphatic rings. The number of halogens is 2. The Hall–Kier alpha value is -1.22. The number of aromatic nitrogens is 1. The van der Waals surface area contributed by atoms with Gasteiger partial charge in [-0.2, -0.15) is 0 Å². The predicted octanol–water partition coefficient (Wildman–Crippen LogP) is 4.16. The number of nitrogens with zero attached hydrogens (tertiary/aromatic N) is 2. The summed E-state index contributed by atoms with van der Waals surface area (Å²) >= 11 is 7.46. The molecule has 2 aromatic rings. The maximum absolute atomic E-state index is 14.6. The van der Waals surface area contributed by atoms with Crippen LogP contribution in [-0.2, 0) is 15.6 Å². The van der Waals surface area contributed by atoms with Gasteiger partial charge in [-0.25, -0.2) is 17.8 Å². The van der Waals surface area contributed by atoms with Crippen molar-refractivity contribution in [2.75, 3.05) is 14.1 Å². The molecule has 0 saturated heterocycles. The Morgan fingerprint density at radius 2 is 2.07 bits per heavy atom. The highest BCUT2D eigenvalue weighted by atomic mass is 35.5. The number of thiazole rings is 1. The van der Waals surface area contributed by atoms with E-state index in [1.165, 1.54) is 17.5 Å². The monoisotopic (exact) mass is 432 g/mol. The van der Waals surface area contributed by atoms with Gasteiger partial charge in [0, 0.05) is 23.7 Å². The predicted molar refractivity (Wildman–Crippen MR) is 105 cm³/mol. The molecule has 9 heteroatoms. The van der Waals surface area contributed by atoms with E-state index in [-0.39, 0.29) is 28.7 Å². The fraction of sp³-hybridized carbons (Fsp3) is 0.500. The summed E-state index contributed by atoms with van der Waals surface area (Å²) in [6, 6.07) is 2.44. The van der Waals surface area contributed by atoms with Crippen LogP contribution in [0, 0.1) is 5.82 Å². The topological polar surface area (TPSA) is 59.5 Å². The average molecular weight is 433 g/mol. The van der Waals surface area contributed by atoms with Crippen LogP contribution in [-0.4, -0.2) is 44.5 Å². The van der Waals surface area contributed by atoms with Gasteiger partial charge in [0.2, 0.25) is 0 Å². The van der Waals surface area contributed by atoms with Crippen LogP contribution in [0.3, 0.4) is 0 Å². The second kappa shape index (κ2) is 8.43. The molecular weight excluding hydrogens is 411 g/mol. The third kappa shape index (κ3) is 4.80. The molecule has 3 rings (SSSR count). The Morgan fingerprint density at radius 1 is 1.33 bits per heavy atom. The summed E-state index contributed by atoms with van der Waals surface area (Å²) in [4.78, 5) is 5.62. The molecule has 0 amide bonds. The molecule has 1 fully saturated rings. The lowest BCUT2D eigenvalue weighted by atomic mass is 9.91. The molecule has 0 aliphatic heterocycles. The molecule has 0 radical (unpaired) electrons. The highest BCUT2D eigenvalue weighted by Gasteiger charge is 2.30. The van der Waals surface area contributed by atoms with Crippen molar-refractivity contribution in [3.63, 3.8) is 0 Å². The highest BCUT2D eigenvalue weighted by Crippen LogP contribution is 2.34. The van der Waals surface area contributed by atoms with Crippen LogP contribution < -0.4 is 4.74 Å². The zero-order valence-electron chi connectivity index (χ0n) is 15.2. The number of hydrogen-bond donors (Lipinski definition) is 0. The fourth-order valence-corrected chi connectivity index (χ4v) is 5.99. The second-order valence-electron chi connectivity index (χ2n) is 6.87. The Morgan fingerprint density at radius 3 is 2.74 bits per heavy atom. The number of sulfone groups is 1. The van der Waals surface area contributed by atoms with Crippen molar-refractivity contribution < 1.29 is 17.5 Å². The van der Waals surface area contributed by atoms with Crippen LogP contribution in [0.4, 0.5) is 4.39 Å². The first-order chi connectivity index (χ1) is 12.8. The summed E-state index contributed by atoms with van der Waals surface area (Å²) in [5, 5.41) is 2.18. The summed E-state index contributed by atoms with van der Waals surface area (Å²) in [6.45, 7) is 0. The summed E-state index contributed by atoms with van der Waals surface area (Å²) in [7, 11) is 0.0920. The van der Waals surface area contributed by atoms with Crippen molar-refractivity contribution in [1.29, 1.82) is 0 Å². The van der Waals surface area contributed by atoms with E-state index in [4.69, 9.17) is 16.3 Å². The standard InChI is InChI=1S/C18H22ClFN2O3S2/c1-22(2)14-5-3-4-6-15(14)25-16-10-13(20)17(9-12(16)19)27(23,24)11-18-21-7-8-26-18/h7-10,14-15H,3-6,11H2,1-2H3/t14-,15?/m0/s1. The minimum Gasteiger partial charge on any atom is -0.487 e. The van der Waals surface area contributed by atoms with E-state index in [9.17, 15) is 12.8 Å². The molecule has 2 atom stereocenters. The van der Waals surface area contributed by atoms with Gasteiger partial charge in [-0.1, -0.05) is 18.0 Å². The number of likely N-dealkylation sites (N-methyl/N-ethyl adjacent to an activating group) is 1. The smallest absolute Gasteiger partial charge is 0.187 e. The van der Waals surface area contributed by atoms with Gasteiger partial charge in [0.05, 0.1) is 5.02 Å². The van der Waals surface area contributed by atoms with Crippen molar-refractivity contribution in [2.45, 2.75) is 48.5 Å². The number of hydrogen-bond acceptors (Lipinski definition) is 6. The summed E-state index contributed by atoms with van der Waals surface area (Å²) in [6.07, 6.45) is 5.42. The van der Waals surface area contributed by atoms with Crippen LogP contribution >= 0.6 is 22.9 Å². The maximum atomic E-state index is 14.6. The van der Waals surface area contributed by atoms with E-state index in [0.717, 1.165) is 37.8 Å². The minimum absolute atomic E-state index is 0.0946. The van der Waals surface area contributed by atoms with Crippen LogP contribution in [0.5, 0.6) is 5.75 Å². The molecule has 27 heavy (non-hydrogen) atoms. The van der Waals surface area contributed by atoms with Crippen molar-refractivity contribution in [3.8, 4) is 5.75 Å². The van der Waals surface area contributed by atoms with E-state index in [2.05, 4.69) is 9.88 Å². The molecule has 1 unspecified atom stereocenters. The third-order valence-corrected chi connectivity index (χ3v) is 7.62. The Balaban J connectivity index is 1.84. The molecular formula is C18H22ClFN2O3S2. The second-order valence-corrected chi connectivity index (χ2v) is 10.2. The van der Waals surface area contributed by atoms with Gasteiger partial charge in [-0.3, -0.25) is 0 Å². The van der Waals surface area contributed by atoms with Gasteiger partial charge in [-0.05, 0) is 39.4 Å². The van der Waals surface area contributed by atoms with E-state index in [1.807, 2.05) is 14.1 Å². The van der Waals surface area contributed by atoms with E-state index < -0.39 is 20.5 Å². The third-order valence-electron chi connectivity index (χ3n) is 4.73. The van der Waals surface area contributed by atoms with E-state index in [0.29, 0.717) is 5.01 Å². The minimum atomic E-state index is -3.89. The first-order valence-electron chi connectivity index (χ1n) is 8.71. The zero-order chi connectivity index (χ0) is 19.6. The van der Waals surface area contributed by atoms with Crippen LogP contribution in [0.15, 0.2) is 28.6 Å². The molecule has 0 bridgehead atoms. The number of ether oxygens (including phenoxy) is 1. The molecule has 0 spiro atoms. The van der Waals surface area contributed by atoms with Crippen LogP contribution in [0.25, 0.3) is 0 Å². The fourth-order valence-electron chi connectivity index (χ4n) is 3.37. The van der Waals surface area contributed by atoms with Crippen LogP contribution in [0.2, 0.25) is 5.02 Å². The van der Waals surface area contributed by atoms with Gasteiger partial charge in [0.25, 0.3) is 0 Å². The Bertz CT molecular complexity index is 888. The van der Waals surface area contributed by atoms with Crippen LogP contribution in [0.1, 0.15) is 30.7 Å². The molecule has 0 N–H and O–H groups in total. The van der Waals surface area contributed by atoms with Gasteiger partial charge < -0.3 is 9.64 Å². The molecule has 1 aliphatic carbocycles. The van der Waals surface area contributed by atoms with Crippen molar-refractivity contribution in [2.24, 2.45) is 0 Å². The SMILES string of the molecule is CN(C)[C@H]1CCCCC1Oc1cc(F)c(S(=O)(=O)Cc2nccs2)cc1Cl. The quantitative estimate of drug-likeness (QED) is 0.685. The van der Waals surface area contributed by atoms with Crippen molar-refractivity contribution >= 4 is 32.8 Å². The maximum Gasteiger partial charge on any atom is 0.187 e. The zero-order valence-corrected chi connectivity index (χ0v) is 17.6. The van der Waals surface area contributed by atoms with Gasteiger partial charge in [-0.15, -0.1) is 11.3 Å². The number of rotatable bonds is 6. The molecule has 5 nitrogen and oxygen atoms in total. The highest BCUT2D eigenvalue weighted by molar-refractivity contribution is 7.90. The molecule has 1 heterocycles. The Kier molecular flexibility index (Phi) is 6.40. The lowest BCUT2D eigenvalue weighted by molar-refractivity contribution is 0.0620. The van der Waals surface area contributed by atoms with E-state index >= 15 is 0 Å². The van der Waals surface area contributed by atoms with Gasteiger partial charge in [0.1, 0.15) is 33.3 Å². The normalized spacial score (nSPS) is 20.8. The number of benzene rings is 1. The lowest BCUT2D eigenvalue weighted by Crippen LogP contribution is -2.44. The summed E-state index contributed by atoms with van der Waals surface area (Å²) < 4.78 is 45.7. The Labute approximate surface area is 168 Å². The van der Waals surface area contributed by atoms with Gasteiger partial charge in [0.15, 0.2) is 9.84 Å². The molecule has 1 aromatic carbocycles. The average Bonchev–Trinajstić information content (AvgIpc) is 3.10. The summed E-state index contributed by atoms with van der Waals surface area (Å²) in [5.41, 5.74) is 0. The first-order valence-corrected chi connectivity index (χ1v) is 11.6. The van der Waals surface area contributed by atoms with Gasteiger partial charge >= 0.3 is 0 Å². The molecule has 1 saturated carbocycles. The lowest BCUT2D eigenvalue weighted by Gasteiger charge is -2.36.